The molecule has 2 aromatic rings. The molecule has 3 unspecified atom stereocenters. The van der Waals surface area contributed by atoms with Crippen LogP contribution in [0.3, 0.4) is 0 Å². The largest absolute Gasteiger partial charge is 0.478 e. The first-order chi connectivity index (χ1) is 13.1. The van der Waals surface area contributed by atoms with Gasteiger partial charge in [-0.2, -0.15) is 0 Å². The maximum atomic E-state index is 11.4. The van der Waals surface area contributed by atoms with Crippen molar-refractivity contribution in [3.8, 4) is 5.75 Å². The van der Waals surface area contributed by atoms with Crippen LogP contribution in [0.25, 0.3) is 0 Å². The Morgan fingerprint density at radius 1 is 1.11 bits per heavy atom. The zero-order valence-corrected chi connectivity index (χ0v) is 17.6. The van der Waals surface area contributed by atoms with Crippen molar-refractivity contribution in [2.24, 2.45) is 5.92 Å². The predicted molar refractivity (Wildman–Crippen MR) is 110 cm³/mol. The van der Waals surface area contributed by atoms with Crippen LogP contribution in [-0.4, -0.2) is 23.8 Å². The van der Waals surface area contributed by atoms with Gasteiger partial charge in [-0.25, -0.2) is 4.79 Å². The van der Waals surface area contributed by atoms with Crippen LogP contribution in [-0.2, 0) is 9.53 Å². The van der Waals surface area contributed by atoms with E-state index in [0.717, 1.165) is 17.5 Å². The summed E-state index contributed by atoms with van der Waals surface area (Å²) in [6.07, 6.45) is 1.18. The monoisotopic (exact) mass is 382 g/mol. The van der Waals surface area contributed by atoms with Gasteiger partial charge in [-0.15, -0.1) is 0 Å². The molecule has 28 heavy (non-hydrogen) atoms. The second kappa shape index (κ2) is 7.59. The Hall–Kier alpha value is -2.33. The molecule has 1 aliphatic rings. The Bertz CT molecular complexity index is 844. The van der Waals surface area contributed by atoms with Crippen LogP contribution in [0.5, 0.6) is 5.75 Å². The van der Waals surface area contributed by atoms with Gasteiger partial charge in [-0.3, -0.25) is 0 Å². The maximum Gasteiger partial charge on any atom is 0.347 e. The molecule has 0 spiro atoms. The zero-order chi connectivity index (χ0) is 20.6. The number of methoxy groups -OCH3 is 1. The van der Waals surface area contributed by atoms with Gasteiger partial charge in [0.2, 0.25) is 0 Å². The molecular formula is C24H30O4. The molecule has 4 nitrogen and oxygen atoms in total. The third kappa shape index (κ3) is 4.07. The quantitative estimate of drug-likeness (QED) is 0.702. The summed E-state index contributed by atoms with van der Waals surface area (Å²) < 4.78 is 11.7. The molecule has 0 aliphatic heterocycles. The number of carbonyl (C=O) groups is 1. The molecule has 0 aromatic heterocycles. The Labute approximate surface area is 167 Å². The number of benzene rings is 2. The number of hydrogen-bond donors (Lipinski definition) is 1. The molecule has 0 heterocycles. The van der Waals surface area contributed by atoms with Gasteiger partial charge < -0.3 is 14.6 Å². The van der Waals surface area contributed by atoms with E-state index >= 15 is 0 Å². The van der Waals surface area contributed by atoms with Crippen molar-refractivity contribution in [2.75, 3.05) is 7.11 Å². The van der Waals surface area contributed by atoms with Crippen LogP contribution in [0.15, 0.2) is 36.4 Å². The van der Waals surface area contributed by atoms with Gasteiger partial charge in [-0.05, 0) is 75.1 Å². The van der Waals surface area contributed by atoms with Gasteiger partial charge in [0, 0.05) is 7.11 Å². The molecule has 0 saturated heterocycles. The minimum Gasteiger partial charge on any atom is -0.478 e. The number of rotatable bonds is 7. The Morgan fingerprint density at radius 3 is 2.18 bits per heavy atom. The number of hydrogen-bond acceptors (Lipinski definition) is 3. The van der Waals surface area contributed by atoms with Crippen LogP contribution in [0, 0.1) is 26.7 Å². The predicted octanol–water partition coefficient (Wildman–Crippen LogP) is 5.35. The van der Waals surface area contributed by atoms with Crippen molar-refractivity contribution < 1.29 is 19.4 Å². The van der Waals surface area contributed by atoms with Crippen molar-refractivity contribution in [2.45, 2.75) is 58.7 Å². The van der Waals surface area contributed by atoms with E-state index in [0.29, 0.717) is 17.6 Å². The minimum atomic E-state index is -1.26. The van der Waals surface area contributed by atoms with Crippen molar-refractivity contribution in [3.63, 3.8) is 0 Å². The zero-order valence-electron chi connectivity index (χ0n) is 17.6. The van der Waals surface area contributed by atoms with Gasteiger partial charge in [-0.1, -0.05) is 42.0 Å². The molecule has 0 bridgehead atoms. The van der Waals surface area contributed by atoms with Crippen molar-refractivity contribution in [1.29, 1.82) is 0 Å². The summed E-state index contributed by atoms with van der Waals surface area (Å²) >= 11 is 0. The Kier molecular flexibility index (Phi) is 5.53. The average molecular weight is 383 g/mol. The summed E-state index contributed by atoms with van der Waals surface area (Å²) in [6.45, 7) is 9.20. The van der Waals surface area contributed by atoms with E-state index in [2.05, 4.69) is 43.3 Å². The Morgan fingerprint density at radius 2 is 1.68 bits per heavy atom. The molecule has 3 atom stereocenters. The van der Waals surface area contributed by atoms with Crippen molar-refractivity contribution >= 4 is 5.97 Å². The van der Waals surface area contributed by atoms with Crippen LogP contribution >= 0.6 is 0 Å². The summed E-state index contributed by atoms with van der Waals surface area (Å²) in [5.41, 5.74) is 4.42. The number of ether oxygens (including phenoxy) is 2. The number of carboxylic acid groups (broad SMARTS) is 1. The maximum absolute atomic E-state index is 11.4. The lowest BCUT2D eigenvalue weighted by molar-refractivity contribution is -0.152. The highest BCUT2D eigenvalue weighted by Crippen LogP contribution is 2.55. The summed E-state index contributed by atoms with van der Waals surface area (Å²) in [5.74, 6) is 0.591. The fourth-order valence-corrected chi connectivity index (χ4v) is 3.90. The fraction of sp³-hybridized carbons (Fsp3) is 0.458. The topological polar surface area (TPSA) is 55.8 Å². The molecule has 1 N–H and O–H groups in total. The standard InChI is InChI=1S/C24H30O4/c1-14-7-9-17(10-8-14)22(27-6)20-13-19(20)18-11-15(2)21(16(3)12-18)28-24(4,5)23(25)26/h7-12,19-20,22H,13H2,1-6H3,(H,25,26). The minimum absolute atomic E-state index is 0.0908. The van der Waals surface area contributed by atoms with Crippen LogP contribution in [0.1, 0.15) is 60.1 Å². The summed E-state index contributed by atoms with van der Waals surface area (Å²) in [7, 11) is 1.78. The van der Waals surface area contributed by atoms with Gasteiger partial charge in [0.05, 0.1) is 6.10 Å². The lowest BCUT2D eigenvalue weighted by Crippen LogP contribution is -2.38. The third-order valence-electron chi connectivity index (χ3n) is 5.67. The van der Waals surface area contributed by atoms with E-state index in [1.54, 1.807) is 21.0 Å². The van der Waals surface area contributed by atoms with E-state index in [-0.39, 0.29) is 6.10 Å². The average Bonchev–Trinajstić information content (AvgIpc) is 3.40. The number of aryl methyl sites for hydroxylation is 3. The van der Waals surface area contributed by atoms with E-state index in [4.69, 9.17) is 9.47 Å². The first kappa shape index (κ1) is 20.4. The molecular weight excluding hydrogens is 352 g/mol. The molecule has 3 rings (SSSR count). The highest BCUT2D eigenvalue weighted by Gasteiger charge is 2.45. The van der Waals surface area contributed by atoms with Gasteiger partial charge in [0.15, 0.2) is 5.60 Å². The SMILES string of the molecule is COC(c1ccc(C)cc1)C1CC1c1cc(C)c(OC(C)(C)C(=O)O)c(C)c1. The lowest BCUT2D eigenvalue weighted by Gasteiger charge is -2.24. The molecule has 1 fully saturated rings. The van der Waals surface area contributed by atoms with E-state index < -0.39 is 11.6 Å². The summed E-state index contributed by atoms with van der Waals surface area (Å²) in [5, 5.41) is 9.35. The first-order valence-corrected chi connectivity index (χ1v) is 9.77. The second-order valence-electron chi connectivity index (χ2n) is 8.47. The normalized spacial score (nSPS) is 19.9. The van der Waals surface area contributed by atoms with Crippen LogP contribution < -0.4 is 4.74 Å². The van der Waals surface area contributed by atoms with Gasteiger partial charge in [0.25, 0.3) is 0 Å². The molecule has 2 aromatic carbocycles. The summed E-state index contributed by atoms with van der Waals surface area (Å²) in [4.78, 5) is 11.4. The number of carboxylic acids is 1. The molecule has 1 aliphatic carbocycles. The van der Waals surface area contributed by atoms with E-state index in [1.165, 1.54) is 16.7 Å². The molecule has 150 valence electrons. The van der Waals surface area contributed by atoms with E-state index in [9.17, 15) is 9.90 Å². The molecule has 0 radical (unpaired) electrons. The van der Waals surface area contributed by atoms with Crippen molar-refractivity contribution in [1.82, 2.24) is 0 Å². The first-order valence-electron chi connectivity index (χ1n) is 9.77. The van der Waals surface area contributed by atoms with Gasteiger partial charge >= 0.3 is 5.97 Å². The molecule has 0 amide bonds. The van der Waals surface area contributed by atoms with E-state index in [1.807, 2.05) is 13.8 Å². The van der Waals surface area contributed by atoms with Crippen LogP contribution in [0.2, 0.25) is 0 Å². The lowest BCUT2D eigenvalue weighted by atomic mass is 9.97. The smallest absolute Gasteiger partial charge is 0.347 e. The Balaban J connectivity index is 1.80. The number of aliphatic carboxylic acids is 1. The van der Waals surface area contributed by atoms with Crippen LogP contribution in [0.4, 0.5) is 0 Å². The fourth-order valence-electron chi connectivity index (χ4n) is 3.90. The highest BCUT2D eigenvalue weighted by molar-refractivity contribution is 5.77. The summed E-state index contributed by atoms with van der Waals surface area (Å²) in [6, 6.07) is 12.8. The third-order valence-corrected chi connectivity index (χ3v) is 5.67. The molecule has 1 saturated carbocycles. The van der Waals surface area contributed by atoms with Gasteiger partial charge in [0.1, 0.15) is 5.75 Å². The highest BCUT2D eigenvalue weighted by atomic mass is 16.5. The molecule has 4 heteroatoms. The van der Waals surface area contributed by atoms with Crippen molar-refractivity contribution in [3.05, 3.63) is 64.2 Å². The second-order valence-corrected chi connectivity index (χ2v) is 8.47.